The zero-order valence-corrected chi connectivity index (χ0v) is 14.9. The SMILES string of the molecule is CCOC(=O)c1ccc(NC(=O)[C@H](CC)Oc2ccc(Cl)cc2)cc1. The first kappa shape index (κ1) is 18.8. The Kier molecular flexibility index (Phi) is 6.83. The van der Waals surface area contributed by atoms with E-state index in [4.69, 9.17) is 21.1 Å². The van der Waals surface area contributed by atoms with Gasteiger partial charge in [0, 0.05) is 10.7 Å². The normalized spacial score (nSPS) is 11.5. The van der Waals surface area contributed by atoms with Crippen LogP contribution in [0.25, 0.3) is 0 Å². The molecule has 0 heterocycles. The van der Waals surface area contributed by atoms with Gasteiger partial charge in [0.25, 0.3) is 5.91 Å². The van der Waals surface area contributed by atoms with Crippen molar-refractivity contribution in [2.75, 3.05) is 11.9 Å². The molecule has 6 heteroatoms. The summed E-state index contributed by atoms with van der Waals surface area (Å²) in [6, 6.07) is 13.4. The van der Waals surface area contributed by atoms with Gasteiger partial charge in [-0.2, -0.15) is 0 Å². The Bertz CT molecular complexity index is 713. The smallest absolute Gasteiger partial charge is 0.338 e. The monoisotopic (exact) mass is 361 g/mol. The molecule has 0 aliphatic heterocycles. The van der Waals surface area contributed by atoms with Crippen LogP contribution in [0.15, 0.2) is 48.5 Å². The van der Waals surface area contributed by atoms with Crippen LogP contribution in [0.2, 0.25) is 5.02 Å². The summed E-state index contributed by atoms with van der Waals surface area (Å²) in [5, 5.41) is 3.38. The van der Waals surface area contributed by atoms with Crippen LogP contribution in [0.3, 0.4) is 0 Å². The summed E-state index contributed by atoms with van der Waals surface area (Å²) in [7, 11) is 0. The Labute approximate surface area is 151 Å². The Morgan fingerprint density at radius 3 is 2.24 bits per heavy atom. The molecule has 0 fully saturated rings. The summed E-state index contributed by atoms with van der Waals surface area (Å²) in [5.74, 6) is -0.0803. The quantitative estimate of drug-likeness (QED) is 0.746. The van der Waals surface area contributed by atoms with Crippen LogP contribution in [0, 0.1) is 0 Å². The van der Waals surface area contributed by atoms with Crippen LogP contribution in [-0.2, 0) is 9.53 Å². The molecule has 2 aromatic rings. The average molecular weight is 362 g/mol. The van der Waals surface area contributed by atoms with Gasteiger partial charge in [-0.25, -0.2) is 4.79 Å². The Morgan fingerprint density at radius 1 is 1.04 bits per heavy atom. The maximum Gasteiger partial charge on any atom is 0.338 e. The van der Waals surface area contributed by atoms with Gasteiger partial charge in [-0.05, 0) is 61.9 Å². The molecule has 25 heavy (non-hydrogen) atoms. The Morgan fingerprint density at radius 2 is 1.68 bits per heavy atom. The van der Waals surface area contributed by atoms with E-state index in [1.54, 1.807) is 55.5 Å². The molecule has 0 aliphatic carbocycles. The third kappa shape index (κ3) is 5.50. The standard InChI is InChI=1S/C19H20ClNO4/c1-3-17(25-16-11-7-14(20)8-12-16)18(22)21-15-9-5-13(6-10-15)19(23)24-4-2/h5-12,17H,3-4H2,1-2H3,(H,21,22)/t17-/m0/s1. The third-order valence-electron chi connectivity index (χ3n) is 3.42. The lowest BCUT2D eigenvalue weighted by Crippen LogP contribution is -2.32. The van der Waals surface area contributed by atoms with Crippen molar-refractivity contribution in [3.63, 3.8) is 0 Å². The molecule has 0 aromatic heterocycles. The second kappa shape index (κ2) is 9.08. The van der Waals surface area contributed by atoms with Crippen molar-refractivity contribution in [3.8, 4) is 5.75 Å². The molecule has 0 bridgehead atoms. The molecule has 2 rings (SSSR count). The zero-order chi connectivity index (χ0) is 18.2. The first-order valence-corrected chi connectivity index (χ1v) is 8.41. The van der Waals surface area contributed by atoms with Crippen LogP contribution in [0.5, 0.6) is 5.75 Å². The molecule has 132 valence electrons. The summed E-state index contributed by atoms with van der Waals surface area (Å²) < 4.78 is 10.6. The van der Waals surface area contributed by atoms with Crippen molar-refractivity contribution in [1.29, 1.82) is 0 Å². The van der Waals surface area contributed by atoms with E-state index in [-0.39, 0.29) is 5.91 Å². The molecule has 0 unspecified atom stereocenters. The molecular weight excluding hydrogens is 342 g/mol. The van der Waals surface area contributed by atoms with Gasteiger partial charge in [0.2, 0.25) is 0 Å². The van der Waals surface area contributed by atoms with Crippen molar-refractivity contribution in [2.45, 2.75) is 26.4 Å². The van der Waals surface area contributed by atoms with Gasteiger partial charge in [0.15, 0.2) is 6.10 Å². The van der Waals surface area contributed by atoms with Gasteiger partial charge in [-0.15, -0.1) is 0 Å². The summed E-state index contributed by atoms with van der Waals surface area (Å²) in [6.45, 7) is 3.93. The number of hydrogen-bond acceptors (Lipinski definition) is 4. The predicted molar refractivity (Wildman–Crippen MR) is 97.2 cm³/mol. The minimum atomic E-state index is -0.633. The zero-order valence-electron chi connectivity index (χ0n) is 14.1. The van der Waals surface area contributed by atoms with Crippen molar-refractivity contribution in [3.05, 3.63) is 59.1 Å². The maximum absolute atomic E-state index is 12.4. The van der Waals surface area contributed by atoms with Gasteiger partial charge in [-0.1, -0.05) is 18.5 Å². The fourth-order valence-electron chi connectivity index (χ4n) is 2.13. The van der Waals surface area contributed by atoms with Crippen LogP contribution < -0.4 is 10.1 Å². The van der Waals surface area contributed by atoms with Crippen molar-refractivity contribution in [2.24, 2.45) is 0 Å². The molecule has 5 nitrogen and oxygen atoms in total. The summed E-state index contributed by atoms with van der Waals surface area (Å²) in [5.41, 5.74) is 1.01. The number of benzene rings is 2. The van der Waals surface area contributed by atoms with Crippen LogP contribution in [0.1, 0.15) is 30.6 Å². The maximum atomic E-state index is 12.4. The first-order valence-electron chi connectivity index (χ1n) is 8.03. The van der Waals surface area contributed by atoms with E-state index in [9.17, 15) is 9.59 Å². The van der Waals surface area contributed by atoms with E-state index in [1.807, 2.05) is 6.92 Å². The number of anilines is 1. The summed E-state index contributed by atoms with van der Waals surface area (Å²) in [6.07, 6.45) is -0.124. The van der Waals surface area contributed by atoms with E-state index in [0.717, 1.165) is 0 Å². The van der Waals surface area contributed by atoms with Crippen LogP contribution in [0.4, 0.5) is 5.69 Å². The number of carbonyl (C=O) groups excluding carboxylic acids is 2. The highest BCUT2D eigenvalue weighted by Gasteiger charge is 2.18. The molecule has 1 amide bonds. The van der Waals surface area contributed by atoms with E-state index < -0.39 is 12.1 Å². The number of rotatable bonds is 7. The number of hydrogen-bond donors (Lipinski definition) is 1. The number of halogens is 1. The highest BCUT2D eigenvalue weighted by atomic mass is 35.5. The molecule has 0 aliphatic rings. The Balaban J connectivity index is 1.99. The number of ether oxygens (including phenoxy) is 2. The highest BCUT2D eigenvalue weighted by molar-refractivity contribution is 6.30. The lowest BCUT2D eigenvalue weighted by Gasteiger charge is -2.17. The van der Waals surface area contributed by atoms with Crippen molar-refractivity contribution in [1.82, 2.24) is 0 Å². The average Bonchev–Trinajstić information content (AvgIpc) is 2.62. The third-order valence-corrected chi connectivity index (χ3v) is 3.67. The van der Waals surface area contributed by atoms with Crippen molar-refractivity contribution >= 4 is 29.2 Å². The van der Waals surface area contributed by atoms with Gasteiger partial charge in [0.1, 0.15) is 5.75 Å². The van der Waals surface area contributed by atoms with Crippen LogP contribution in [-0.4, -0.2) is 24.6 Å². The number of nitrogens with one attached hydrogen (secondary N) is 1. The summed E-state index contributed by atoms with van der Waals surface area (Å²) >= 11 is 5.84. The topological polar surface area (TPSA) is 64.6 Å². The predicted octanol–water partition coefficient (Wildman–Crippen LogP) is 4.31. The number of carbonyl (C=O) groups is 2. The van der Waals surface area contributed by atoms with E-state index >= 15 is 0 Å². The van der Waals surface area contributed by atoms with Gasteiger partial charge >= 0.3 is 5.97 Å². The fraction of sp³-hybridized carbons (Fsp3) is 0.263. The molecule has 0 saturated carbocycles. The van der Waals surface area contributed by atoms with E-state index in [1.165, 1.54) is 0 Å². The van der Waals surface area contributed by atoms with Gasteiger partial charge in [-0.3, -0.25) is 4.79 Å². The largest absolute Gasteiger partial charge is 0.481 e. The molecule has 1 N–H and O–H groups in total. The first-order chi connectivity index (χ1) is 12.0. The molecular formula is C19H20ClNO4. The minimum absolute atomic E-state index is 0.263. The second-order valence-electron chi connectivity index (χ2n) is 5.26. The lowest BCUT2D eigenvalue weighted by molar-refractivity contribution is -0.122. The van der Waals surface area contributed by atoms with E-state index in [2.05, 4.69) is 5.32 Å². The minimum Gasteiger partial charge on any atom is -0.481 e. The molecule has 0 saturated heterocycles. The second-order valence-corrected chi connectivity index (χ2v) is 5.69. The van der Waals surface area contributed by atoms with Gasteiger partial charge in [0.05, 0.1) is 12.2 Å². The number of amides is 1. The number of esters is 1. The van der Waals surface area contributed by atoms with Crippen molar-refractivity contribution < 1.29 is 19.1 Å². The highest BCUT2D eigenvalue weighted by Crippen LogP contribution is 2.19. The molecule has 0 spiro atoms. The fourth-order valence-corrected chi connectivity index (χ4v) is 2.25. The Hall–Kier alpha value is -2.53. The summed E-state index contributed by atoms with van der Waals surface area (Å²) in [4.78, 5) is 24.0. The van der Waals surface area contributed by atoms with Gasteiger partial charge < -0.3 is 14.8 Å². The van der Waals surface area contributed by atoms with Crippen LogP contribution >= 0.6 is 11.6 Å². The molecule has 0 radical (unpaired) electrons. The lowest BCUT2D eigenvalue weighted by atomic mass is 10.2. The molecule has 1 atom stereocenters. The van der Waals surface area contributed by atoms with E-state index in [0.29, 0.717) is 35.1 Å². The molecule has 2 aromatic carbocycles.